The minimum absolute atomic E-state index is 0.138. The molecule has 1 aliphatic rings. The van der Waals surface area contributed by atoms with Crippen LogP contribution >= 0.6 is 0 Å². The van der Waals surface area contributed by atoms with Crippen LogP contribution in [0.3, 0.4) is 0 Å². The second-order valence-corrected chi connectivity index (χ2v) is 3.91. The topological polar surface area (TPSA) is 75.6 Å². The number of nitrogens with one attached hydrogen (secondary N) is 1. The van der Waals surface area contributed by atoms with Crippen LogP contribution in [0.5, 0.6) is 5.75 Å². The Labute approximate surface area is 104 Å². The maximum atomic E-state index is 11.5. The first-order valence-electron chi connectivity index (χ1n) is 5.60. The van der Waals surface area contributed by atoms with Crippen LogP contribution in [0.1, 0.15) is 18.0 Å². The van der Waals surface area contributed by atoms with E-state index < -0.39 is 11.9 Å². The van der Waals surface area contributed by atoms with Crippen molar-refractivity contribution < 1.29 is 19.4 Å². The van der Waals surface area contributed by atoms with Crippen LogP contribution < -0.4 is 10.1 Å². The number of para-hydroxylation sites is 1. The van der Waals surface area contributed by atoms with Gasteiger partial charge in [0.2, 0.25) is 5.91 Å². The standard InChI is InChI=1S/C13H13NO4/c15-12(5-6-13(16)17)14-10-7-8-18-11-4-2-1-3-9(10)11/h1-6,10H,7-8H2,(H,14,15)(H,16,17)/b6-5+. The Hall–Kier alpha value is -2.30. The van der Waals surface area contributed by atoms with Crippen molar-refractivity contribution in [3.05, 3.63) is 42.0 Å². The first-order valence-corrected chi connectivity index (χ1v) is 5.60. The lowest BCUT2D eigenvalue weighted by molar-refractivity contribution is -0.131. The highest BCUT2D eigenvalue weighted by Gasteiger charge is 2.21. The first-order chi connectivity index (χ1) is 8.66. The summed E-state index contributed by atoms with van der Waals surface area (Å²) in [6, 6.07) is 7.34. The molecule has 18 heavy (non-hydrogen) atoms. The van der Waals surface area contributed by atoms with Gasteiger partial charge < -0.3 is 15.2 Å². The zero-order chi connectivity index (χ0) is 13.0. The van der Waals surface area contributed by atoms with Crippen LogP contribution in [-0.2, 0) is 9.59 Å². The molecule has 0 bridgehead atoms. The van der Waals surface area contributed by atoms with E-state index in [4.69, 9.17) is 9.84 Å². The summed E-state index contributed by atoms with van der Waals surface area (Å²) in [4.78, 5) is 21.8. The van der Waals surface area contributed by atoms with Crippen molar-refractivity contribution in [2.24, 2.45) is 0 Å². The molecule has 1 unspecified atom stereocenters. The second-order valence-electron chi connectivity index (χ2n) is 3.91. The van der Waals surface area contributed by atoms with E-state index in [9.17, 15) is 9.59 Å². The van der Waals surface area contributed by atoms with E-state index in [2.05, 4.69) is 5.32 Å². The third-order valence-electron chi connectivity index (χ3n) is 2.65. The van der Waals surface area contributed by atoms with Crippen LogP contribution in [0.2, 0.25) is 0 Å². The maximum absolute atomic E-state index is 11.5. The lowest BCUT2D eigenvalue weighted by atomic mass is 10.0. The molecular weight excluding hydrogens is 234 g/mol. The smallest absolute Gasteiger partial charge is 0.328 e. The monoisotopic (exact) mass is 247 g/mol. The van der Waals surface area contributed by atoms with Crippen molar-refractivity contribution in [3.63, 3.8) is 0 Å². The van der Waals surface area contributed by atoms with Crippen molar-refractivity contribution in [3.8, 4) is 5.75 Å². The van der Waals surface area contributed by atoms with E-state index in [1.165, 1.54) is 0 Å². The molecule has 0 spiro atoms. The summed E-state index contributed by atoms with van der Waals surface area (Å²) in [6.45, 7) is 0.532. The number of amides is 1. The Balaban J connectivity index is 2.07. The molecule has 5 heteroatoms. The highest BCUT2D eigenvalue weighted by Crippen LogP contribution is 2.31. The van der Waals surface area contributed by atoms with Crippen LogP contribution in [-0.4, -0.2) is 23.6 Å². The van der Waals surface area contributed by atoms with Gasteiger partial charge in [0, 0.05) is 24.1 Å². The third-order valence-corrected chi connectivity index (χ3v) is 2.65. The summed E-state index contributed by atoms with van der Waals surface area (Å²) in [5, 5.41) is 11.2. The number of benzene rings is 1. The fourth-order valence-electron chi connectivity index (χ4n) is 1.86. The molecule has 2 N–H and O–H groups in total. The summed E-state index contributed by atoms with van der Waals surface area (Å²) in [5.74, 6) is -0.798. The summed E-state index contributed by atoms with van der Waals surface area (Å²) >= 11 is 0. The SMILES string of the molecule is O=C(O)/C=C/C(=O)NC1CCOc2ccccc21. The van der Waals surface area contributed by atoms with Crippen molar-refractivity contribution in [2.45, 2.75) is 12.5 Å². The minimum Gasteiger partial charge on any atom is -0.493 e. The number of carboxylic acids is 1. The molecule has 0 fully saturated rings. The molecule has 94 valence electrons. The molecule has 0 saturated heterocycles. The molecule has 0 saturated carbocycles. The van der Waals surface area contributed by atoms with Gasteiger partial charge in [-0.25, -0.2) is 4.79 Å². The molecule has 1 aromatic carbocycles. The van der Waals surface area contributed by atoms with Gasteiger partial charge in [-0.1, -0.05) is 18.2 Å². The van der Waals surface area contributed by atoms with E-state index in [1.807, 2.05) is 24.3 Å². The van der Waals surface area contributed by atoms with Gasteiger partial charge in [-0.3, -0.25) is 4.79 Å². The Kier molecular flexibility index (Phi) is 3.62. The summed E-state index contributed by atoms with van der Waals surface area (Å²) < 4.78 is 5.47. The largest absolute Gasteiger partial charge is 0.493 e. The van der Waals surface area contributed by atoms with Gasteiger partial charge in [-0.05, 0) is 6.07 Å². The number of fused-ring (bicyclic) bond motifs is 1. The first kappa shape index (κ1) is 12.2. The second kappa shape index (κ2) is 5.35. The average molecular weight is 247 g/mol. The number of ether oxygens (including phenoxy) is 1. The van der Waals surface area contributed by atoms with E-state index in [0.29, 0.717) is 13.0 Å². The predicted octanol–water partition coefficient (Wildman–Crippen LogP) is 1.27. The van der Waals surface area contributed by atoms with Gasteiger partial charge in [0.15, 0.2) is 0 Å². The molecule has 5 nitrogen and oxygen atoms in total. The number of carbonyl (C=O) groups excluding carboxylic acids is 1. The fraction of sp³-hybridized carbons (Fsp3) is 0.231. The molecule has 1 aliphatic heterocycles. The predicted molar refractivity (Wildman–Crippen MR) is 64.2 cm³/mol. The van der Waals surface area contributed by atoms with Crippen molar-refractivity contribution >= 4 is 11.9 Å². The van der Waals surface area contributed by atoms with E-state index in [0.717, 1.165) is 23.5 Å². The van der Waals surface area contributed by atoms with Gasteiger partial charge >= 0.3 is 5.97 Å². The number of rotatable bonds is 3. The molecule has 1 heterocycles. The Morgan fingerprint density at radius 1 is 1.33 bits per heavy atom. The van der Waals surface area contributed by atoms with Gasteiger partial charge in [-0.2, -0.15) is 0 Å². The maximum Gasteiger partial charge on any atom is 0.328 e. The normalized spacial score (nSPS) is 17.9. The number of hydrogen-bond acceptors (Lipinski definition) is 3. The highest BCUT2D eigenvalue weighted by molar-refractivity contribution is 5.94. The van der Waals surface area contributed by atoms with Crippen LogP contribution in [0.25, 0.3) is 0 Å². The minimum atomic E-state index is -1.14. The Morgan fingerprint density at radius 2 is 2.11 bits per heavy atom. The van der Waals surface area contributed by atoms with E-state index in [1.54, 1.807) is 0 Å². The van der Waals surface area contributed by atoms with Crippen molar-refractivity contribution in [1.82, 2.24) is 5.32 Å². The molecular formula is C13H13NO4. The lowest BCUT2D eigenvalue weighted by Gasteiger charge is -2.26. The molecule has 1 atom stereocenters. The zero-order valence-electron chi connectivity index (χ0n) is 9.63. The molecule has 2 rings (SSSR count). The number of aliphatic carboxylic acids is 1. The number of hydrogen-bond donors (Lipinski definition) is 2. The van der Waals surface area contributed by atoms with Crippen molar-refractivity contribution in [1.29, 1.82) is 0 Å². The zero-order valence-corrected chi connectivity index (χ0v) is 9.63. The molecule has 1 amide bonds. The van der Waals surface area contributed by atoms with E-state index in [-0.39, 0.29) is 6.04 Å². The van der Waals surface area contributed by atoms with Crippen LogP contribution in [0.15, 0.2) is 36.4 Å². The highest BCUT2D eigenvalue weighted by atomic mass is 16.5. The van der Waals surface area contributed by atoms with Crippen molar-refractivity contribution in [2.75, 3.05) is 6.61 Å². The van der Waals surface area contributed by atoms with Crippen LogP contribution in [0.4, 0.5) is 0 Å². The average Bonchev–Trinajstić information content (AvgIpc) is 2.37. The van der Waals surface area contributed by atoms with Gasteiger partial charge in [0.1, 0.15) is 5.75 Å². The summed E-state index contributed by atoms with van der Waals surface area (Å²) in [5.41, 5.74) is 0.917. The quantitative estimate of drug-likeness (QED) is 0.789. The fourth-order valence-corrected chi connectivity index (χ4v) is 1.86. The molecule has 0 radical (unpaired) electrons. The van der Waals surface area contributed by atoms with Crippen LogP contribution in [0, 0.1) is 0 Å². The van der Waals surface area contributed by atoms with Gasteiger partial charge in [0.25, 0.3) is 0 Å². The third kappa shape index (κ3) is 2.88. The molecule has 1 aromatic rings. The number of carboxylic acid groups (broad SMARTS) is 1. The Morgan fingerprint density at radius 3 is 2.89 bits per heavy atom. The van der Waals surface area contributed by atoms with Gasteiger partial charge in [0.05, 0.1) is 12.6 Å². The van der Waals surface area contributed by atoms with E-state index >= 15 is 0 Å². The molecule has 0 aromatic heterocycles. The summed E-state index contributed by atoms with van der Waals surface area (Å²) in [6.07, 6.45) is 2.50. The number of carbonyl (C=O) groups is 2. The molecule has 0 aliphatic carbocycles. The Bertz CT molecular complexity index is 496. The summed E-state index contributed by atoms with van der Waals surface area (Å²) in [7, 11) is 0. The van der Waals surface area contributed by atoms with Gasteiger partial charge in [-0.15, -0.1) is 0 Å². The lowest BCUT2D eigenvalue weighted by Crippen LogP contribution is -2.31.